The van der Waals surface area contributed by atoms with E-state index in [4.69, 9.17) is 5.26 Å². The number of allylic oxidation sites excluding steroid dienone is 1. The van der Waals surface area contributed by atoms with Crippen molar-refractivity contribution in [1.29, 1.82) is 5.26 Å². The summed E-state index contributed by atoms with van der Waals surface area (Å²) in [6.45, 7) is 1.76. The van der Waals surface area contributed by atoms with Crippen LogP contribution < -0.4 is 10.6 Å². The topological polar surface area (TPSA) is 82.0 Å². The highest BCUT2D eigenvalue weighted by Crippen LogP contribution is 2.13. The number of hydrogen-bond donors (Lipinski definition) is 2. The van der Waals surface area contributed by atoms with Crippen molar-refractivity contribution in [3.8, 4) is 6.07 Å². The zero-order valence-corrected chi connectivity index (χ0v) is 9.93. The molecule has 0 unspecified atom stereocenters. The van der Waals surface area contributed by atoms with Crippen LogP contribution in [-0.4, -0.2) is 11.8 Å². The second-order valence-corrected chi connectivity index (χ2v) is 3.45. The monoisotopic (exact) mass is 243 g/mol. The average Bonchev–Trinajstić information content (AvgIpc) is 2.32. The maximum Gasteiger partial charge on any atom is 0.248 e. The summed E-state index contributed by atoms with van der Waals surface area (Å²) < 4.78 is 0. The molecule has 0 radical (unpaired) electrons. The van der Waals surface area contributed by atoms with Gasteiger partial charge in [-0.3, -0.25) is 9.59 Å². The smallest absolute Gasteiger partial charge is 0.248 e. The molecule has 0 fully saturated rings. The van der Waals surface area contributed by atoms with Crippen molar-refractivity contribution in [3.05, 3.63) is 36.4 Å². The number of carbonyl (C=O) groups excluding carboxylic acids is 2. The molecule has 0 aliphatic rings. The second kappa shape index (κ2) is 6.86. The second-order valence-electron chi connectivity index (χ2n) is 3.45. The summed E-state index contributed by atoms with van der Waals surface area (Å²) >= 11 is 0. The first-order chi connectivity index (χ1) is 8.65. The van der Waals surface area contributed by atoms with Crippen LogP contribution in [0.5, 0.6) is 0 Å². The number of rotatable bonds is 4. The Hall–Kier alpha value is -2.61. The molecule has 0 spiro atoms. The lowest BCUT2D eigenvalue weighted by atomic mass is 10.2. The van der Waals surface area contributed by atoms with Gasteiger partial charge >= 0.3 is 0 Å². The van der Waals surface area contributed by atoms with Crippen LogP contribution in [-0.2, 0) is 9.59 Å². The summed E-state index contributed by atoms with van der Waals surface area (Å²) in [5.41, 5.74) is 1.22. The largest absolute Gasteiger partial charge is 0.325 e. The Kier molecular flexibility index (Phi) is 5.13. The minimum atomic E-state index is -0.358. The zero-order chi connectivity index (χ0) is 13.4. The maximum atomic E-state index is 11.3. The molecule has 1 aromatic carbocycles. The van der Waals surface area contributed by atoms with Crippen LogP contribution in [0.4, 0.5) is 11.4 Å². The Morgan fingerprint density at radius 2 is 1.78 bits per heavy atom. The number of hydrogen-bond acceptors (Lipinski definition) is 3. The predicted octanol–water partition coefficient (Wildman–Crippen LogP) is 2.05. The van der Waals surface area contributed by atoms with Crippen molar-refractivity contribution in [3.63, 3.8) is 0 Å². The van der Waals surface area contributed by atoms with Gasteiger partial charge in [-0.15, -0.1) is 0 Å². The van der Waals surface area contributed by atoms with Crippen LogP contribution >= 0.6 is 0 Å². The Balaban J connectivity index is 2.60. The van der Waals surface area contributed by atoms with Gasteiger partial charge in [-0.05, 0) is 37.3 Å². The Morgan fingerprint density at radius 3 is 2.28 bits per heavy atom. The molecule has 0 saturated heterocycles. The van der Waals surface area contributed by atoms with Crippen LogP contribution in [0.1, 0.15) is 13.3 Å². The van der Waals surface area contributed by atoms with E-state index in [1.165, 1.54) is 6.08 Å². The molecule has 0 heterocycles. The molecule has 2 N–H and O–H groups in total. The van der Waals surface area contributed by atoms with E-state index in [-0.39, 0.29) is 18.2 Å². The molecule has 1 rings (SSSR count). The lowest BCUT2D eigenvalue weighted by molar-refractivity contribution is -0.115. The average molecular weight is 243 g/mol. The fourth-order valence-electron chi connectivity index (χ4n) is 1.25. The standard InChI is InChI=1S/C13H13N3O2/c1-2-3-12(17)15-10-4-6-11(7-5-10)16-13(18)8-9-14/h2-7H,8H2,1H3,(H,15,17)(H,16,18)/b3-2+. The van der Waals surface area contributed by atoms with Crippen molar-refractivity contribution in [1.82, 2.24) is 0 Å². The van der Waals surface area contributed by atoms with Gasteiger partial charge in [0, 0.05) is 11.4 Å². The zero-order valence-electron chi connectivity index (χ0n) is 9.93. The summed E-state index contributed by atoms with van der Waals surface area (Å²) in [5.74, 6) is -0.568. The van der Waals surface area contributed by atoms with E-state index in [9.17, 15) is 9.59 Å². The molecule has 2 amide bonds. The van der Waals surface area contributed by atoms with Crippen molar-refractivity contribution < 1.29 is 9.59 Å². The van der Waals surface area contributed by atoms with E-state index in [1.807, 2.05) is 0 Å². The first-order valence-corrected chi connectivity index (χ1v) is 5.36. The maximum absolute atomic E-state index is 11.3. The van der Waals surface area contributed by atoms with Crippen molar-refractivity contribution >= 4 is 23.2 Å². The molecule has 1 aromatic rings. The van der Waals surface area contributed by atoms with Gasteiger partial charge < -0.3 is 10.6 Å². The molecule has 5 nitrogen and oxygen atoms in total. The first-order valence-electron chi connectivity index (χ1n) is 5.36. The van der Waals surface area contributed by atoms with Gasteiger partial charge in [0.2, 0.25) is 11.8 Å². The molecular weight excluding hydrogens is 230 g/mol. The summed E-state index contributed by atoms with van der Waals surface area (Å²) in [6.07, 6.45) is 2.88. The highest BCUT2D eigenvalue weighted by atomic mass is 16.2. The van der Waals surface area contributed by atoms with E-state index in [1.54, 1.807) is 43.3 Å². The fraction of sp³-hybridized carbons (Fsp3) is 0.154. The number of carbonyl (C=O) groups is 2. The van der Waals surface area contributed by atoms with Gasteiger partial charge in [0.05, 0.1) is 6.07 Å². The number of amides is 2. The summed E-state index contributed by atoms with van der Waals surface area (Å²) in [5, 5.41) is 13.6. The number of nitriles is 1. The minimum absolute atomic E-state index is 0.181. The van der Waals surface area contributed by atoms with Crippen molar-refractivity contribution in [2.75, 3.05) is 10.6 Å². The van der Waals surface area contributed by atoms with Gasteiger partial charge in [0.25, 0.3) is 0 Å². The number of nitrogens with zero attached hydrogens (tertiary/aromatic N) is 1. The SMILES string of the molecule is C/C=C/C(=O)Nc1ccc(NC(=O)CC#N)cc1. The molecule has 0 atom stereocenters. The van der Waals surface area contributed by atoms with E-state index >= 15 is 0 Å². The molecule has 0 aliphatic heterocycles. The molecule has 0 bridgehead atoms. The lowest BCUT2D eigenvalue weighted by Gasteiger charge is -2.05. The Bertz CT molecular complexity index is 498. The summed E-state index contributed by atoms with van der Waals surface area (Å²) in [6, 6.07) is 8.41. The Morgan fingerprint density at radius 1 is 1.22 bits per heavy atom. The molecule has 92 valence electrons. The van der Waals surface area contributed by atoms with Crippen LogP contribution in [0.3, 0.4) is 0 Å². The van der Waals surface area contributed by atoms with Gasteiger partial charge in [-0.1, -0.05) is 6.08 Å². The summed E-state index contributed by atoms with van der Waals surface area (Å²) in [4.78, 5) is 22.4. The Labute approximate surface area is 105 Å². The fourth-order valence-corrected chi connectivity index (χ4v) is 1.25. The third-order valence-electron chi connectivity index (χ3n) is 1.99. The third kappa shape index (κ3) is 4.49. The predicted molar refractivity (Wildman–Crippen MR) is 68.7 cm³/mol. The number of anilines is 2. The molecule has 18 heavy (non-hydrogen) atoms. The molecular formula is C13H13N3O2. The van der Waals surface area contributed by atoms with E-state index < -0.39 is 0 Å². The van der Waals surface area contributed by atoms with Gasteiger partial charge in [-0.25, -0.2) is 0 Å². The first kappa shape index (κ1) is 13.5. The van der Waals surface area contributed by atoms with E-state index in [2.05, 4.69) is 10.6 Å². The highest BCUT2D eigenvalue weighted by molar-refractivity contribution is 5.99. The molecule has 0 aromatic heterocycles. The van der Waals surface area contributed by atoms with Crippen LogP contribution in [0.25, 0.3) is 0 Å². The lowest BCUT2D eigenvalue weighted by Crippen LogP contribution is -2.10. The molecule has 5 heteroatoms. The highest BCUT2D eigenvalue weighted by Gasteiger charge is 2.01. The quantitative estimate of drug-likeness (QED) is 0.794. The van der Waals surface area contributed by atoms with Gasteiger partial charge in [0.1, 0.15) is 6.42 Å². The molecule has 0 aliphatic carbocycles. The third-order valence-corrected chi connectivity index (χ3v) is 1.99. The van der Waals surface area contributed by atoms with Crippen LogP contribution in [0.2, 0.25) is 0 Å². The normalized spacial score (nSPS) is 9.78. The van der Waals surface area contributed by atoms with E-state index in [0.717, 1.165) is 0 Å². The number of benzene rings is 1. The minimum Gasteiger partial charge on any atom is -0.325 e. The van der Waals surface area contributed by atoms with Crippen LogP contribution in [0, 0.1) is 11.3 Å². The summed E-state index contributed by atoms with van der Waals surface area (Å²) in [7, 11) is 0. The molecule has 0 saturated carbocycles. The van der Waals surface area contributed by atoms with E-state index in [0.29, 0.717) is 11.4 Å². The van der Waals surface area contributed by atoms with Crippen molar-refractivity contribution in [2.24, 2.45) is 0 Å². The van der Waals surface area contributed by atoms with Crippen LogP contribution in [0.15, 0.2) is 36.4 Å². The van der Waals surface area contributed by atoms with Crippen molar-refractivity contribution in [2.45, 2.75) is 13.3 Å². The number of nitrogens with one attached hydrogen (secondary N) is 2. The van der Waals surface area contributed by atoms with Gasteiger partial charge in [-0.2, -0.15) is 5.26 Å². The van der Waals surface area contributed by atoms with Gasteiger partial charge in [0.15, 0.2) is 0 Å².